The number of nitrogens with two attached hydrogens (primary N) is 1. The summed E-state index contributed by atoms with van der Waals surface area (Å²) >= 11 is 0. The molecule has 8 heteroatoms. The maximum atomic E-state index is 11.6. The Hall–Kier alpha value is -2.51. The molecule has 2 rings (SSSR count). The Morgan fingerprint density at radius 1 is 1.56 bits per heavy atom. The summed E-state index contributed by atoms with van der Waals surface area (Å²) in [6, 6.07) is 3.06. The summed E-state index contributed by atoms with van der Waals surface area (Å²) in [4.78, 5) is 16.7. The molecule has 0 saturated carbocycles. The number of tetrazole rings is 1. The molecule has 0 spiro atoms. The predicted molar refractivity (Wildman–Crippen MR) is 55.4 cm³/mol. The van der Waals surface area contributed by atoms with Crippen molar-refractivity contribution in [3.05, 3.63) is 24.0 Å². The highest BCUT2D eigenvalue weighted by molar-refractivity contribution is 6.02. The van der Waals surface area contributed by atoms with Crippen LogP contribution in [0.15, 0.2) is 18.3 Å². The van der Waals surface area contributed by atoms with E-state index in [2.05, 4.69) is 25.7 Å². The average Bonchev–Trinajstić information content (AvgIpc) is 2.64. The standard InChI is InChI=1S/C8H9N7O/c1-15-13-8(12-14-15)11-7(16)6-4-5(9)2-3-10-6/h2-4H,1H3,(H2,9,10)(H,11,13,16). The van der Waals surface area contributed by atoms with E-state index in [1.54, 1.807) is 13.1 Å². The number of nitrogen functional groups attached to an aromatic ring is 1. The van der Waals surface area contributed by atoms with Crippen molar-refractivity contribution in [3.8, 4) is 0 Å². The van der Waals surface area contributed by atoms with Crippen LogP contribution in [0.3, 0.4) is 0 Å². The number of nitrogens with one attached hydrogen (secondary N) is 1. The second kappa shape index (κ2) is 3.93. The van der Waals surface area contributed by atoms with Gasteiger partial charge in [-0.3, -0.25) is 15.1 Å². The number of amides is 1. The zero-order valence-corrected chi connectivity index (χ0v) is 8.45. The number of carbonyl (C=O) groups is 1. The number of aryl methyl sites for hydroxylation is 1. The topological polar surface area (TPSA) is 112 Å². The van der Waals surface area contributed by atoms with Crippen LogP contribution >= 0.6 is 0 Å². The van der Waals surface area contributed by atoms with Crippen LogP contribution < -0.4 is 11.1 Å². The second-order valence-electron chi connectivity index (χ2n) is 3.03. The third-order valence-electron chi connectivity index (χ3n) is 1.75. The number of carbonyl (C=O) groups excluding carboxylic acids is 1. The molecular weight excluding hydrogens is 210 g/mol. The van der Waals surface area contributed by atoms with Crippen molar-refractivity contribution in [2.45, 2.75) is 0 Å². The molecule has 0 fully saturated rings. The van der Waals surface area contributed by atoms with Crippen LogP contribution in [0, 0.1) is 0 Å². The minimum absolute atomic E-state index is 0.122. The molecule has 3 N–H and O–H groups in total. The first-order chi connectivity index (χ1) is 7.65. The number of pyridine rings is 1. The summed E-state index contributed by atoms with van der Waals surface area (Å²) in [5.74, 6) is -0.308. The van der Waals surface area contributed by atoms with Crippen LogP contribution in [0.2, 0.25) is 0 Å². The lowest BCUT2D eigenvalue weighted by Gasteiger charge is -1.99. The van der Waals surface area contributed by atoms with E-state index in [1.807, 2.05) is 0 Å². The van der Waals surface area contributed by atoms with Crippen molar-refractivity contribution >= 4 is 17.5 Å². The van der Waals surface area contributed by atoms with Gasteiger partial charge in [0.05, 0.1) is 7.05 Å². The fourth-order valence-electron chi connectivity index (χ4n) is 1.07. The Morgan fingerprint density at radius 3 is 3.00 bits per heavy atom. The SMILES string of the molecule is Cn1nnc(NC(=O)c2cc(N)ccn2)n1. The number of aromatic nitrogens is 5. The lowest BCUT2D eigenvalue weighted by atomic mass is 10.3. The van der Waals surface area contributed by atoms with E-state index in [0.717, 1.165) is 0 Å². The minimum Gasteiger partial charge on any atom is -0.399 e. The fraction of sp³-hybridized carbons (Fsp3) is 0.125. The van der Waals surface area contributed by atoms with Crippen molar-refractivity contribution in [1.82, 2.24) is 25.2 Å². The number of anilines is 2. The zero-order valence-electron chi connectivity index (χ0n) is 8.45. The Kier molecular flexibility index (Phi) is 2.46. The van der Waals surface area contributed by atoms with Crippen molar-refractivity contribution in [3.63, 3.8) is 0 Å². The van der Waals surface area contributed by atoms with Gasteiger partial charge in [-0.1, -0.05) is 5.10 Å². The molecule has 0 unspecified atom stereocenters. The monoisotopic (exact) mass is 219 g/mol. The highest BCUT2D eigenvalue weighted by Gasteiger charge is 2.10. The summed E-state index contributed by atoms with van der Waals surface area (Å²) in [6.07, 6.45) is 1.45. The molecule has 2 heterocycles. The molecule has 0 aliphatic rings. The zero-order chi connectivity index (χ0) is 11.5. The van der Waals surface area contributed by atoms with Gasteiger partial charge >= 0.3 is 0 Å². The molecule has 2 aromatic heterocycles. The van der Waals surface area contributed by atoms with E-state index < -0.39 is 5.91 Å². The van der Waals surface area contributed by atoms with Gasteiger partial charge in [0.2, 0.25) is 0 Å². The molecule has 0 aromatic carbocycles. The number of hydrogen-bond acceptors (Lipinski definition) is 6. The summed E-state index contributed by atoms with van der Waals surface area (Å²) in [6.45, 7) is 0. The van der Waals surface area contributed by atoms with Gasteiger partial charge in [-0.2, -0.15) is 4.80 Å². The maximum Gasteiger partial charge on any atom is 0.276 e. The Morgan fingerprint density at radius 2 is 2.38 bits per heavy atom. The maximum absolute atomic E-state index is 11.6. The smallest absolute Gasteiger partial charge is 0.276 e. The molecule has 0 saturated heterocycles. The van der Waals surface area contributed by atoms with Crippen LogP contribution in [0.1, 0.15) is 10.5 Å². The first-order valence-corrected chi connectivity index (χ1v) is 4.42. The van der Waals surface area contributed by atoms with Gasteiger partial charge in [0.25, 0.3) is 11.9 Å². The Balaban J connectivity index is 2.14. The van der Waals surface area contributed by atoms with Crippen LogP contribution in [-0.4, -0.2) is 31.1 Å². The molecule has 2 aromatic rings. The molecule has 1 amide bonds. The van der Waals surface area contributed by atoms with Crippen LogP contribution in [0.25, 0.3) is 0 Å². The van der Waals surface area contributed by atoms with Crippen LogP contribution in [0.4, 0.5) is 11.6 Å². The normalized spacial score (nSPS) is 10.1. The van der Waals surface area contributed by atoms with Gasteiger partial charge in [-0.25, -0.2) is 0 Å². The van der Waals surface area contributed by atoms with Crippen LogP contribution in [0.5, 0.6) is 0 Å². The molecular formula is C8H9N7O. The summed E-state index contributed by atoms with van der Waals surface area (Å²) in [5.41, 5.74) is 6.19. The highest BCUT2D eigenvalue weighted by atomic mass is 16.2. The molecule has 8 nitrogen and oxygen atoms in total. The van der Waals surface area contributed by atoms with Gasteiger partial charge in [0, 0.05) is 11.9 Å². The predicted octanol–water partition coefficient (Wildman–Crippen LogP) is -0.560. The molecule has 0 atom stereocenters. The largest absolute Gasteiger partial charge is 0.399 e. The summed E-state index contributed by atoms with van der Waals surface area (Å²) < 4.78 is 0. The minimum atomic E-state index is -0.430. The van der Waals surface area contributed by atoms with Gasteiger partial charge in [0.15, 0.2) is 0 Å². The quantitative estimate of drug-likeness (QED) is 0.700. The van der Waals surface area contributed by atoms with Gasteiger partial charge < -0.3 is 5.73 Å². The van der Waals surface area contributed by atoms with E-state index in [4.69, 9.17) is 5.73 Å². The third kappa shape index (κ3) is 2.11. The van der Waals surface area contributed by atoms with Gasteiger partial charge in [0.1, 0.15) is 5.69 Å². The summed E-state index contributed by atoms with van der Waals surface area (Å²) in [5, 5.41) is 13.4. The molecule has 82 valence electrons. The molecule has 0 bridgehead atoms. The average molecular weight is 219 g/mol. The van der Waals surface area contributed by atoms with Crippen molar-refractivity contribution in [2.24, 2.45) is 7.05 Å². The van der Waals surface area contributed by atoms with Crippen molar-refractivity contribution in [2.75, 3.05) is 11.1 Å². The molecule has 0 radical (unpaired) electrons. The third-order valence-corrected chi connectivity index (χ3v) is 1.75. The van der Waals surface area contributed by atoms with E-state index in [-0.39, 0.29) is 11.6 Å². The summed E-state index contributed by atoms with van der Waals surface area (Å²) in [7, 11) is 1.60. The van der Waals surface area contributed by atoms with E-state index >= 15 is 0 Å². The van der Waals surface area contributed by atoms with Crippen molar-refractivity contribution in [1.29, 1.82) is 0 Å². The number of rotatable bonds is 2. The first kappa shape index (κ1) is 10.0. The fourth-order valence-corrected chi connectivity index (χ4v) is 1.07. The van der Waals surface area contributed by atoms with Crippen LogP contribution in [-0.2, 0) is 7.05 Å². The lowest BCUT2D eigenvalue weighted by Crippen LogP contribution is -2.15. The highest BCUT2D eigenvalue weighted by Crippen LogP contribution is 2.04. The molecule has 0 aliphatic heterocycles. The van der Waals surface area contributed by atoms with Crippen molar-refractivity contribution < 1.29 is 4.79 Å². The van der Waals surface area contributed by atoms with E-state index in [1.165, 1.54) is 17.1 Å². The molecule has 16 heavy (non-hydrogen) atoms. The van der Waals surface area contributed by atoms with Gasteiger partial charge in [-0.15, -0.1) is 5.10 Å². The van der Waals surface area contributed by atoms with E-state index in [9.17, 15) is 4.79 Å². The Labute approximate surface area is 90.5 Å². The van der Waals surface area contributed by atoms with E-state index in [0.29, 0.717) is 5.69 Å². The Bertz CT molecular complexity index is 521. The number of hydrogen-bond donors (Lipinski definition) is 2. The second-order valence-corrected chi connectivity index (χ2v) is 3.03. The lowest BCUT2D eigenvalue weighted by molar-refractivity contribution is 0.102. The van der Waals surface area contributed by atoms with Gasteiger partial charge in [-0.05, 0) is 17.3 Å². The number of nitrogens with zero attached hydrogens (tertiary/aromatic N) is 5. The first-order valence-electron chi connectivity index (χ1n) is 4.42. The molecule has 0 aliphatic carbocycles.